The average Bonchev–Trinajstić information content (AvgIpc) is 2.39. The van der Waals surface area contributed by atoms with Crippen LogP contribution >= 0.6 is 15.9 Å². The summed E-state index contributed by atoms with van der Waals surface area (Å²) < 4.78 is 0.989. The monoisotopic (exact) mass is 332 g/mol. The van der Waals surface area contributed by atoms with Crippen molar-refractivity contribution in [3.63, 3.8) is 0 Å². The Morgan fingerprint density at radius 2 is 2.05 bits per heavy atom. The Labute approximate surface area is 127 Å². The van der Waals surface area contributed by atoms with E-state index in [2.05, 4.69) is 56.1 Å². The number of rotatable bonds is 5. The first kappa shape index (κ1) is 14.5. The largest absolute Gasteiger partial charge is 0.366 e. The molecule has 1 aromatic carbocycles. The standard InChI is InChI=1S/C15H17BrN4/c1-4-7-17-14-9-11(3)18-15(20-14)19-13-6-5-10(2)8-12(13)16/h4-6,8-9H,1,7H2,2-3H3,(H2,17,18,19,20). The van der Waals surface area contributed by atoms with Crippen LogP contribution < -0.4 is 10.6 Å². The van der Waals surface area contributed by atoms with Crippen LogP contribution in [-0.4, -0.2) is 16.5 Å². The number of halogens is 1. The second-order valence-electron chi connectivity index (χ2n) is 4.50. The molecule has 0 fully saturated rings. The fourth-order valence-electron chi connectivity index (χ4n) is 1.73. The first-order chi connectivity index (χ1) is 9.58. The molecule has 0 saturated heterocycles. The number of anilines is 3. The molecule has 0 aliphatic heterocycles. The number of benzene rings is 1. The molecule has 4 nitrogen and oxygen atoms in total. The molecular formula is C15H17BrN4. The van der Waals surface area contributed by atoms with Gasteiger partial charge in [-0.05, 0) is 47.5 Å². The SMILES string of the molecule is C=CCNc1cc(C)nc(Nc2ccc(C)cc2Br)n1. The van der Waals surface area contributed by atoms with Crippen LogP contribution in [0.5, 0.6) is 0 Å². The van der Waals surface area contributed by atoms with Gasteiger partial charge < -0.3 is 10.6 Å². The lowest BCUT2D eigenvalue weighted by molar-refractivity contribution is 1.09. The number of aromatic nitrogens is 2. The van der Waals surface area contributed by atoms with Crippen LogP contribution in [0.2, 0.25) is 0 Å². The number of aryl methyl sites for hydroxylation is 2. The van der Waals surface area contributed by atoms with Gasteiger partial charge in [-0.25, -0.2) is 4.98 Å². The molecule has 104 valence electrons. The molecule has 0 aliphatic rings. The maximum Gasteiger partial charge on any atom is 0.229 e. The van der Waals surface area contributed by atoms with Crippen molar-refractivity contribution in [2.24, 2.45) is 0 Å². The first-order valence-electron chi connectivity index (χ1n) is 6.32. The van der Waals surface area contributed by atoms with Gasteiger partial charge in [-0.3, -0.25) is 0 Å². The lowest BCUT2D eigenvalue weighted by atomic mass is 10.2. The van der Waals surface area contributed by atoms with Crippen molar-refractivity contribution in [2.45, 2.75) is 13.8 Å². The fourth-order valence-corrected chi connectivity index (χ4v) is 2.33. The highest BCUT2D eigenvalue weighted by atomic mass is 79.9. The molecule has 0 amide bonds. The van der Waals surface area contributed by atoms with Gasteiger partial charge in [0.1, 0.15) is 5.82 Å². The second kappa shape index (κ2) is 6.52. The van der Waals surface area contributed by atoms with Crippen LogP contribution in [0, 0.1) is 13.8 Å². The molecule has 2 N–H and O–H groups in total. The van der Waals surface area contributed by atoms with Crippen LogP contribution in [0.3, 0.4) is 0 Å². The molecule has 20 heavy (non-hydrogen) atoms. The smallest absolute Gasteiger partial charge is 0.229 e. The summed E-state index contributed by atoms with van der Waals surface area (Å²) in [5.74, 6) is 1.35. The minimum atomic E-state index is 0.570. The van der Waals surface area contributed by atoms with Crippen LogP contribution in [0.1, 0.15) is 11.3 Å². The van der Waals surface area contributed by atoms with Crippen LogP contribution in [0.4, 0.5) is 17.5 Å². The van der Waals surface area contributed by atoms with Crippen molar-refractivity contribution >= 4 is 33.4 Å². The molecule has 2 rings (SSSR count). The summed E-state index contributed by atoms with van der Waals surface area (Å²) in [6.07, 6.45) is 1.79. The van der Waals surface area contributed by atoms with Crippen molar-refractivity contribution in [3.05, 3.63) is 52.7 Å². The number of hydrogen-bond acceptors (Lipinski definition) is 4. The summed E-state index contributed by atoms with van der Waals surface area (Å²) in [6, 6.07) is 8.00. The summed E-state index contributed by atoms with van der Waals surface area (Å²) in [6.45, 7) is 8.34. The average molecular weight is 333 g/mol. The highest BCUT2D eigenvalue weighted by Gasteiger charge is 2.05. The van der Waals surface area contributed by atoms with E-state index in [9.17, 15) is 0 Å². The number of nitrogens with one attached hydrogen (secondary N) is 2. The number of hydrogen-bond donors (Lipinski definition) is 2. The molecule has 5 heteroatoms. The zero-order chi connectivity index (χ0) is 14.5. The van der Waals surface area contributed by atoms with E-state index in [-0.39, 0.29) is 0 Å². The summed E-state index contributed by atoms with van der Waals surface area (Å²) in [5.41, 5.74) is 3.04. The van der Waals surface area contributed by atoms with E-state index in [1.807, 2.05) is 25.1 Å². The Morgan fingerprint density at radius 1 is 1.25 bits per heavy atom. The quantitative estimate of drug-likeness (QED) is 0.805. The normalized spacial score (nSPS) is 10.2. The number of nitrogens with zero attached hydrogens (tertiary/aromatic N) is 2. The predicted molar refractivity (Wildman–Crippen MR) is 87.6 cm³/mol. The van der Waals surface area contributed by atoms with Gasteiger partial charge in [0.15, 0.2) is 0 Å². The molecule has 0 atom stereocenters. The van der Waals surface area contributed by atoms with Gasteiger partial charge in [-0.15, -0.1) is 6.58 Å². The Morgan fingerprint density at radius 3 is 2.75 bits per heavy atom. The van der Waals surface area contributed by atoms with Crippen LogP contribution in [0.25, 0.3) is 0 Å². The molecule has 0 unspecified atom stereocenters. The molecule has 0 bridgehead atoms. The van der Waals surface area contributed by atoms with E-state index in [1.54, 1.807) is 6.08 Å². The van der Waals surface area contributed by atoms with Gasteiger partial charge >= 0.3 is 0 Å². The summed E-state index contributed by atoms with van der Waals surface area (Å²) in [7, 11) is 0. The third-order valence-electron chi connectivity index (χ3n) is 2.65. The van der Waals surface area contributed by atoms with Crippen LogP contribution in [-0.2, 0) is 0 Å². The zero-order valence-electron chi connectivity index (χ0n) is 11.6. The van der Waals surface area contributed by atoms with E-state index in [1.165, 1.54) is 5.56 Å². The van der Waals surface area contributed by atoms with Crippen LogP contribution in [0.15, 0.2) is 41.4 Å². The summed E-state index contributed by atoms with van der Waals surface area (Å²) >= 11 is 3.54. The molecule has 0 saturated carbocycles. The maximum absolute atomic E-state index is 4.43. The van der Waals surface area contributed by atoms with Gasteiger partial charge in [0.2, 0.25) is 5.95 Å². The summed E-state index contributed by atoms with van der Waals surface area (Å²) in [5, 5.41) is 6.39. The third-order valence-corrected chi connectivity index (χ3v) is 3.31. The zero-order valence-corrected chi connectivity index (χ0v) is 13.2. The predicted octanol–water partition coefficient (Wildman–Crippen LogP) is 4.20. The van der Waals surface area contributed by atoms with Crippen molar-refractivity contribution in [3.8, 4) is 0 Å². The Kier molecular flexibility index (Phi) is 4.74. The Hall–Kier alpha value is -1.88. The van der Waals surface area contributed by atoms with Gasteiger partial charge in [-0.1, -0.05) is 12.1 Å². The van der Waals surface area contributed by atoms with E-state index >= 15 is 0 Å². The van der Waals surface area contributed by atoms with Gasteiger partial charge in [0, 0.05) is 22.8 Å². The topological polar surface area (TPSA) is 49.8 Å². The lowest BCUT2D eigenvalue weighted by Gasteiger charge is -2.10. The highest BCUT2D eigenvalue weighted by molar-refractivity contribution is 9.10. The highest BCUT2D eigenvalue weighted by Crippen LogP contribution is 2.26. The molecular weight excluding hydrogens is 316 g/mol. The molecule has 1 aromatic heterocycles. The molecule has 1 heterocycles. The van der Waals surface area contributed by atoms with E-state index < -0.39 is 0 Å². The second-order valence-corrected chi connectivity index (χ2v) is 5.35. The van der Waals surface area contributed by atoms with E-state index in [4.69, 9.17) is 0 Å². The van der Waals surface area contributed by atoms with E-state index in [0.29, 0.717) is 12.5 Å². The van der Waals surface area contributed by atoms with Gasteiger partial charge in [-0.2, -0.15) is 4.98 Å². The summed E-state index contributed by atoms with van der Waals surface area (Å²) in [4.78, 5) is 8.82. The minimum absolute atomic E-state index is 0.570. The van der Waals surface area contributed by atoms with Crippen molar-refractivity contribution < 1.29 is 0 Å². The van der Waals surface area contributed by atoms with Gasteiger partial charge in [0.05, 0.1) is 5.69 Å². The van der Waals surface area contributed by atoms with Gasteiger partial charge in [0.25, 0.3) is 0 Å². The minimum Gasteiger partial charge on any atom is -0.366 e. The molecule has 0 radical (unpaired) electrons. The first-order valence-corrected chi connectivity index (χ1v) is 7.11. The molecule has 2 aromatic rings. The van der Waals surface area contributed by atoms with Crippen molar-refractivity contribution in [1.29, 1.82) is 0 Å². The Balaban J connectivity index is 2.23. The maximum atomic E-state index is 4.43. The van der Waals surface area contributed by atoms with E-state index in [0.717, 1.165) is 21.7 Å². The Bertz CT molecular complexity index is 625. The molecule has 0 aliphatic carbocycles. The lowest BCUT2D eigenvalue weighted by Crippen LogP contribution is -2.05. The molecule has 0 spiro atoms. The third kappa shape index (κ3) is 3.81. The fraction of sp³-hybridized carbons (Fsp3) is 0.200. The van der Waals surface area contributed by atoms with Crippen molar-refractivity contribution in [2.75, 3.05) is 17.2 Å². The van der Waals surface area contributed by atoms with Crippen molar-refractivity contribution in [1.82, 2.24) is 9.97 Å².